The minimum atomic E-state index is -1.15. The van der Waals surface area contributed by atoms with Gasteiger partial charge in [-0.05, 0) is 35.4 Å². The van der Waals surface area contributed by atoms with Crippen LogP contribution in [0, 0.1) is 0 Å². The summed E-state index contributed by atoms with van der Waals surface area (Å²) in [5.41, 5.74) is -1.15. The molecule has 0 unspecified atom stereocenters. The van der Waals surface area contributed by atoms with Crippen LogP contribution in [0.1, 0.15) is 39.4 Å². The smallest absolute Gasteiger partial charge is 0.331 e. The van der Waals surface area contributed by atoms with E-state index in [1.165, 1.54) is 4.68 Å². The van der Waals surface area contributed by atoms with Gasteiger partial charge in [0.05, 0.1) is 0 Å². The Kier molecular flexibility index (Phi) is 3.87. The van der Waals surface area contributed by atoms with Gasteiger partial charge in [0.2, 0.25) is 5.82 Å². The van der Waals surface area contributed by atoms with Crippen molar-refractivity contribution in [3.63, 3.8) is 0 Å². The molecule has 0 aliphatic rings. The summed E-state index contributed by atoms with van der Waals surface area (Å²) in [6, 6.07) is 3.60. The van der Waals surface area contributed by atoms with Crippen LogP contribution in [-0.2, 0) is 16.8 Å². The van der Waals surface area contributed by atoms with Crippen LogP contribution in [0.5, 0.6) is 0 Å². The maximum Gasteiger partial charge on any atom is 0.331 e. The number of aryl methyl sites for hydroxylation is 1. The lowest BCUT2D eigenvalue weighted by Crippen LogP contribution is -2.42. The topological polar surface area (TPSA) is 94.0 Å². The van der Waals surface area contributed by atoms with Gasteiger partial charge in [-0.3, -0.25) is 0 Å². The predicted octanol–water partition coefficient (Wildman–Crippen LogP) is 2.10. The lowest BCUT2D eigenvalue weighted by molar-refractivity contribution is -0.148. The zero-order valence-corrected chi connectivity index (χ0v) is 11.8. The zero-order chi connectivity index (χ0) is 14.8. The number of tetrazole rings is 1. The summed E-state index contributed by atoms with van der Waals surface area (Å²) in [4.78, 5) is 11.7. The molecule has 7 nitrogen and oxygen atoms in total. The molecule has 2 heterocycles. The van der Waals surface area contributed by atoms with E-state index in [0.29, 0.717) is 24.4 Å². The summed E-state index contributed by atoms with van der Waals surface area (Å²) >= 11 is 0. The van der Waals surface area contributed by atoms with Gasteiger partial charge in [0.25, 0.3) is 0 Å². The molecule has 7 heteroatoms. The van der Waals surface area contributed by atoms with E-state index in [1.807, 2.05) is 26.8 Å². The molecule has 20 heavy (non-hydrogen) atoms. The summed E-state index contributed by atoms with van der Waals surface area (Å²) in [7, 11) is 0. The Hall–Kier alpha value is -2.18. The molecule has 0 amide bonds. The van der Waals surface area contributed by atoms with E-state index in [-0.39, 0.29) is 0 Å². The quantitative estimate of drug-likeness (QED) is 0.869. The number of aliphatic carboxylic acids is 1. The van der Waals surface area contributed by atoms with E-state index in [2.05, 4.69) is 15.5 Å². The second kappa shape index (κ2) is 5.44. The number of hydrogen-bond donors (Lipinski definition) is 1. The van der Waals surface area contributed by atoms with Gasteiger partial charge in [0, 0.05) is 6.42 Å². The van der Waals surface area contributed by atoms with Gasteiger partial charge in [0.15, 0.2) is 11.3 Å². The lowest BCUT2D eigenvalue weighted by atomic mass is 9.93. The molecule has 2 aromatic rings. The Labute approximate surface area is 116 Å². The van der Waals surface area contributed by atoms with Crippen LogP contribution in [0.4, 0.5) is 0 Å². The van der Waals surface area contributed by atoms with Crippen LogP contribution in [0.25, 0.3) is 11.6 Å². The molecule has 0 radical (unpaired) electrons. The van der Waals surface area contributed by atoms with Crippen molar-refractivity contribution in [2.45, 2.75) is 45.6 Å². The largest absolute Gasteiger partial charge is 0.479 e. The number of carbonyl (C=O) groups is 1. The van der Waals surface area contributed by atoms with E-state index in [4.69, 9.17) is 4.42 Å². The molecule has 0 fully saturated rings. The Morgan fingerprint density at radius 2 is 2.05 bits per heavy atom. The first kappa shape index (κ1) is 14.2. The van der Waals surface area contributed by atoms with Crippen LogP contribution >= 0.6 is 0 Å². The van der Waals surface area contributed by atoms with Crippen molar-refractivity contribution in [2.75, 3.05) is 0 Å². The highest BCUT2D eigenvalue weighted by molar-refractivity contribution is 5.77. The molecule has 0 saturated heterocycles. The number of hydrogen-bond acceptors (Lipinski definition) is 5. The van der Waals surface area contributed by atoms with Crippen LogP contribution in [0.3, 0.4) is 0 Å². The van der Waals surface area contributed by atoms with Gasteiger partial charge in [-0.15, -0.1) is 5.10 Å². The highest BCUT2D eigenvalue weighted by Gasteiger charge is 2.41. The standard InChI is InChI=1S/C13H18N4O3/c1-4-9-7-8-10(20-9)11-14-15-16-17(11)13(5-2,6-3)12(18)19/h7-8H,4-6H2,1-3H3,(H,18,19). The van der Waals surface area contributed by atoms with Crippen LogP contribution in [0.2, 0.25) is 0 Å². The molecule has 0 aliphatic carbocycles. The molecule has 0 saturated carbocycles. The lowest BCUT2D eigenvalue weighted by Gasteiger charge is -2.26. The minimum absolute atomic E-state index is 0.343. The fourth-order valence-electron chi connectivity index (χ4n) is 2.26. The zero-order valence-electron chi connectivity index (χ0n) is 11.8. The number of carboxylic acid groups (broad SMARTS) is 1. The molecular formula is C13H18N4O3. The van der Waals surface area contributed by atoms with E-state index >= 15 is 0 Å². The number of carboxylic acids is 1. The predicted molar refractivity (Wildman–Crippen MR) is 71.1 cm³/mol. The van der Waals surface area contributed by atoms with E-state index in [1.54, 1.807) is 6.07 Å². The summed E-state index contributed by atoms with van der Waals surface area (Å²) in [5.74, 6) is 0.692. The minimum Gasteiger partial charge on any atom is -0.479 e. The van der Waals surface area contributed by atoms with Gasteiger partial charge in [-0.2, -0.15) is 0 Å². The van der Waals surface area contributed by atoms with Crippen molar-refractivity contribution >= 4 is 5.97 Å². The SMILES string of the molecule is CCc1ccc(-c2nnnn2C(CC)(CC)C(=O)O)o1. The Balaban J connectivity index is 2.54. The maximum atomic E-state index is 11.7. The summed E-state index contributed by atoms with van der Waals surface area (Å²) in [6.07, 6.45) is 1.53. The molecule has 0 bridgehead atoms. The normalized spacial score (nSPS) is 11.8. The highest BCUT2D eigenvalue weighted by atomic mass is 16.4. The molecule has 1 N–H and O–H groups in total. The number of furan rings is 1. The molecule has 0 aromatic carbocycles. The third-order valence-electron chi connectivity index (χ3n) is 3.67. The van der Waals surface area contributed by atoms with Gasteiger partial charge in [-0.1, -0.05) is 20.8 Å². The van der Waals surface area contributed by atoms with Gasteiger partial charge in [0.1, 0.15) is 5.76 Å². The molecule has 2 aromatic heterocycles. The molecule has 108 valence electrons. The Bertz CT molecular complexity index is 598. The van der Waals surface area contributed by atoms with Crippen molar-refractivity contribution in [1.29, 1.82) is 0 Å². The molecule has 2 rings (SSSR count). The van der Waals surface area contributed by atoms with Crippen LogP contribution < -0.4 is 0 Å². The monoisotopic (exact) mass is 278 g/mol. The van der Waals surface area contributed by atoms with Gasteiger partial charge >= 0.3 is 5.97 Å². The average molecular weight is 278 g/mol. The van der Waals surface area contributed by atoms with Crippen molar-refractivity contribution in [3.05, 3.63) is 17.9 Å². The second-order valence-corrected chi connectivity index (χ2v) is 4.58. The van der Waals surface area contributed by atoms with Crippen molar-refractivity contribution in [2.24, 2.45) is 0 Å². The first-order chi connectivity index (χ1) is 9.58. The van der Waals surface area contributed by atoms with Gasteiger partial charge in [-0.25, -0.2) is 9.48 Å². The van der Waals surface area contributed by atoms with E-state index in [0.717, 1.165) is 12.2 Å². The van der Waals surface area contributed by atoms with E-state index < -0.39 is 11.5 Å². The molecule has 0 atom stereocenters. The fraction of sp³-hybridized carbons (Fsp3) is 0.538. The highest BCUT2D eigenvalue weighted by Crippen LogP contribution is 2.30. The summed E-state index contributed by atoms with van der Waals surface area (Å²) in [5, 5.41) is 21.0. The number of rotatable bonds is 6. The first-order valence-corrected chi connectivity index (χ1v) is 6.70. The van der Waals surface area contributed by atoms with E-state index in [9.17, 15) is 9.90 Å². The molecule has 0 aliphatic heterocycles. The van der Waals surface area contributed by atoms with Crippen LogP contribution in [0.15, 0.2) is 16.5 Å². The van der Waals surface area contributed by atoms with Crippen molar-refractivity contribution in [3.8, 4) is 11.6 Å². The average Bonchev–Trinajstić information content (AvgIpc) is 3.08. The second-order valence-electron chi connectivity index (χ2n) is 4.58. The maximum absolute atomic E-state index is 11.7. The third kappa shape index (κ3) is 2.09. The van der Waals surface area contributed by atoms with Crippen molar-refractivity contribution in [1.82, 2.24) is 20.2 Å². The third-order valence-corrected chi connectivity index (χ3v) is 3.67. The molecular weight excluding hydrogens is 260 g/mol. The van der Waals surface area contributed by atoms with Gasteiger partial charge < -0.3 is 9.52 Å². The molecule has 0 spiro atoms. The Morgan fingerprint density at radius 1 is 1.35 bits per heavy atom. The van der Waals surface area contributed by atoms with Crippen LogP contribution in [-0.4, -0.2) is 31.3 Å². The fourth-order valence-corrected chi connectivity index (χ4v) is 2.26. The summed E-state index contributed by atoms with van der Waals surface area (Å²) < 4.78 is 6.98. The van der Waals surface area contributed by atoms with Crippen molar-refractivity contribution < 1.29 is 14.3 Å². The number of nitrogens with zero attached hydrogens (tertiary/aromatic N) is 4. The summed E-state index contributed by atoms with van der Waals surface area (Å²) in [6.45, 7) is 5.59. The Morgan fingerprint density at radius 3 is 2.55 bits per heavy atom. The number of aromatic nitrogens is 4. The first-order valence-electron chi connectivity index (χ1n) is 6.70.